The van der Waals surface area contributed by atoms with E-state index in [9.17, 15) is 0 Å². The number of imidazole rings is 1. The molecule has 1 N–H and O–H groups in total. The molecule has 7 nitrogen and oxygen atoms in total. The number of para-hydroxylation sites is 2. The van der Waals surface area contributed by atoms with E-state index >= 15 is 0 Å². The fourth-order valence-electron chi connectivity index (χ4n) is 3.68. The summed E-state index contributed by atoms with van der Waals surface area (Å²) in [4.78, 5) is 13.6. The highest BCUT2D eigenvalue weighted by Crippen LogP contribution is 2.28. The molecule has 0 saturated carbocycles. The van der Waals surface area contributed by atoms with Gasteiger partial charge in [-0.2, -0.15) is 4.98 Å². The van der Waals surface area contributed by atoms with Gasteiger partial charge in [0.2, 0.25) is 11.7 Å². The summed E-state index contributed by atoms with van der Waals surface area (Å²) in [6.07, 6.45) is 5.62. The fraction of sp³-hybridized carbons (Fsp3) is 0.300. The summed E-state index contributed by atoms with van der Waals surface area (Å²) in [7, 11) is 0. The molecule has 0 amide bonds. The number of fused-ring (bicyclic) bond motifs is 1. The van der Waals surface area contributed by atoms with Gasteiger partial charge in [0.05, 0.1) is 11.0 Å². The largest absolute Gasteiger partial charge is 0.339 e. The fourth-order valence-corrected chi connectivity index (χ4v) is 3.68. The SMILES string of the molecule is C[C@H]1C[C@@H](c2nc(-c3ccc(-n4cnc5ccccc54)nc3)no2)CCN1. The van der Waals surface area contributed by atoms with Gasteiger partial charge in [-0.25, -0.2) is 9.97 Å². The van der Waals surface area contributed by atoms with Crippen molar-refractivity contribution in [3.63, 3.8) is 0 Å². The maximum Gasteiger partial charge on any atom is 0.230 e. The molecular weight excluding hydrogens is 340 g/mol. The molecule has 4 aromatic rings. The Hall–Kier alpha value is -3.06. The second kappa shape index (κ2) is 6.59. The van der Waals surface area contributed by atoms with E-state index in [0.29, 0.717) is 17.8 Å². The molecule has 7 heteroatoms. The van der Waals surface area contributed by atoms with Crippen LogP contribution in [0, 0.1) is 0 Å². The minimum Gasteiger partial charge on any atom is -0.339 e. The lowest BCUT2D eigenvalue weighted by molar-refractivity contribution is 0.295. The Morgan fingerprint density at radius 3 is 2.93 bits per heavy atom. The van der Waals surface area contributed by atoms with E-state index in [2.05, 4.69) is 32.3 Å². The molecule has 0 radical (unpaired) electrons. The lowest BCUT2D eigenvalue weighted by atomic mass is 9.93. The summed E-state index contributed by atoms with van der Waals surface area (Å²) >= 11 is 0. The molecule has 2 atom stereocenters. The van der Waals surface area contributed by atoms with E-state index in [-0.39, 0.29) is 0 Å². The number of nitrogens with one attached hydrogen (secondary N) is 1. The maximum absolute atomic E-state index is 5.54. The number of pyridine rings is 1. The number of benzene rings is 1. The molecule has 27 heavy (non-hydrogen) atoms. The van der Waals surface area contributed by atoms with E-state index in [1.54, 1.807) is 12.5 Å². The highest BCUT2D eigenvalue weighted by atomic mass is 16.5. The molecule has 136 valence electrons. The van der Waals surface area contributed by atoms with Crippen LogP contribution in [0.4, 0.5) is 0 Å². The van der Waals surface area contributed by atoms with Crippen molar-refractivity contribution >= 4 is 11.0 Å². The second-order valence-corrected chi connectivity index (χ2v) is 7.04. The summed E-state index contributed by atoms with van der Waals surface area (Å²) in [6.45, 7) is 3.17. The van der Waals surface area contributed by atoms with Gasteiger partial charge < -0.3 is 9.84 Å². The molecule has 0 spiro atoms. The van der Waals surface area contributed by atoms with Crippen LogP contribution in [0.15, 0.2) is 53.4 Å². The van der Waals surface area contributed by atoms with Crippen LogP contribution < -0.4 is 5.32 Å². The quantitative estimate of drug-likeness (QED) is 0.603. The van der Waals surface area contributed by atoms with Crippen LogP contribution in [0.2, 0.25) is 0 Å². The Balaban J connectivity index is 1.41. The smallest absolute Gasteiger partial charge is 0.230 e. The molecule has 0 aliphatic carbocycles. The Morgan fingerprint density at radius 2 is 2.07 bits per heavy atom. The second-order valence-electron chi connectivity index (χ2n) is 7.04. The van der Waals surface area contributed by atoms with E-state index in [4.69, 9.17) is 4.52 Å². The minimum atomic E-state index is 0.326. The first-order chi connectivity index (χ1) is 13.3. The number of hydrogen-bond acceptors (Lipinski definition) is 6. The Labute approximate surface area is 156 Å². The zero-order valence-electron chi connectivity index (χ0n) is 15.0. The van der Waals surface area contributed by atoms with E-state index in [1.165, 1.54) is 0 Å². The van der Waals surface area contributed by atoms with Crippen LogP contribution in [0.5, 0.6) is 0 Å². The Kier molecular flexibility index (Phi) is 3.94. The first kappa shape index (κ1) is 16.1. The highest BCUT2D eigenvalue weighted by molar-refractivity contribution is 5.76. The molecular formula is C20H20N6O. The highest BCUT2D eigenvalue weighted by Gasteiger charge is 2.25. The van der Waals surface area contributed by atoms with E-state index < -0.39 is 0 Å². The number of nitrogens with zero attached hydrogens (tertiary/aromatic N) is 5. The van der Waals surface area contributed by atoms with Gasteiger partial charge in [-0.1, -0.05) is 17.3 Å². The standard InChI is InChI=1S/C20H20N6O/c1-13-10-14(8-9-21-13)20-24-19(25-27-20)15-6-7-18(22-11-15)26-12-23-16-4-2-3-5-17(16)26/h2-7,11-14,21H,8-10H2,1H3/t13-,14-/m0/s1. The van der Waals surface area contributed by atoms with Crippen molar-refractivity contribution < 1.29 is 4.52 Å². The first-order valence-electron chi connectivity index (χ1n) is 9.24. The van der Waals surface area contributed by atoms with Gasteiger partial charge in [0.1, 0.15) is 12.1 Å². The summed E-state index contributed by atoms with van der Waals surface area (Å²) in [5, 5.41) is 7.61. The first-order valence-corrected chi connectivity index (χ1v) is 9.24. The molecule has 3 aromatic heterocycles. The van der Waals surface area contributed by atoms with Crippen molar-refractivity contribution in [2.45, 2.75) is 31.7 Å². The van der Waals surface area contributed by atoms with Gasteiger partial charge in [-0.05, 0) is 50.6 Å². The third-order valence-electron chi connectivity index (χ3n) is 5.12. The van der Waals surface area contributed by atoms with Crippen LogP contribution in [0.3, 0.4) is 0 Å². The lowest BCUT2D eigenvalue weighted by Crippen LogP contribution is -2.34. The van der Waals surface area contributed by atoms with Crippen LogP contribution in [-0.2, 0) is 0 Å². The van der Waals surface area contributed by atoms with Gasteiger partial charge in [0.15, 0.2) is 0 Å². The van der Waals surface area contributed by atoms with Crippen LogP contribution in [0.1, 0.15) is 31.6 Å². The number of piperidine rings is 1. The third kappa shape index (κ3) is 3.00. The molecule has 1 saturated heterocycles. The van der Waals surface area contributed by atoms with Gasteiger partial charge in [-0.3, -0.25) is 4.57 Å². The number of rotatable bonds is 3. The molecule has 0 bridgehead atoms. The average Bonchev–Trinajstić information content (AvgIpc) is 3.36. The van der Waals surface area contributed by atoms with Crippen molar-refractivity contribution in [1.82, 2.24) is 30.0 Å². The normalized spacial score (nSPS) is 20.2. The average molecular weight is 360 g/mol. The molecule has 1 fully saturated rings. The van der Waals surface area contributed by atoms with Crippen molar-refractivity contribution in [2.75, 3.05) is 6.54 Å². The van der Waals surface area contributed by atoms with Crippen LogP contribution >= 0.6 is 0 Å². The van der Waals surface area contributed by atoms with Crippen LogP contribution in [0.25, 0.3) is 28.2 Å². The zero-order chi connectivity index (χ0) is 18.2. The minimum absolute atomic E-state index is 0.326. The molecule has 0 unspecified atom stereocenters. The van der Waals surface area contributed by atoms with Crippen molar-refractivity contribution in [2.24, 2.45) is 0 Å². The maximum atomic E-state index is 5.54. The van der Waals surface area contributed by atoms with E-state index in [1.807, 2.05) is 41.0 Å². The number of hydrogen-bond donors (Lipinski definition) is 1. The monoisotopic (exact) mass is 360 g/mol. The van der Waals surface area contributed by atoms with Crippen molar-refractivity contribution in [3.8, 4) is 17.2 Å². The van der Waals surface area contributed by atoms with Gasteiger partial charge in [-0.15, -0.1) is 0 Å². The molecule has 1 aromatic carbocycles. The van der Waals surface area contributed by atoms with Gasteiger partial charge in [0.25, 0.3) is 0 Å². The topological polar surface area (TPSA) is 81.7 Å². The van der Waals surface area contributed by atoms with Gasteiger partial charge >= 0.3 is 0 Å². The van der Waals surface area contributed by atoms with Crippen molar-refractivity contribution in [1.29, 1.82) is 0 Å². The molecule has 1 aliphatic heterocycles. The molecule has 1 aliphatic rings. The van der Waals surface area contributed by atoms with Gasteiger partial charge in [0, 0.05) is 23.7 Å². The Bertz CT molecular complexity index is 1070. The zero-order valence-corrected chi connectivity index (χ0v) is 15.0. The Morgan fingerprint density at radius 1 is 1.15 bits per heavy atom. The third-order valence-corrected chi connectivity index (χ3v) is 5.12. The summed E-state index contributed by atoms with van der Waals surface area (Å²) in [5.74, 6) is 2.45. The number of aromatic nitrogens is 5. The summed E-state index contributed by atoms with van der Waals surface area (Å²) in [5.41, 5.74) is 2.82. The molecule has 5 rings (SSSR count). The predicted octanol–water partition coefficient (Wildman–Crippen LogP) is 3.33. The van der Waals surface area contributed by atoms with Crippen LogP contribution in [-0.4, -0.2) is 37.3 Å². The van der Waals surface area contributed by atoms with Crippen molar-refractivity contribution in [3.05, 3.63) is 54.8 Å². The lowest BCUT2D eigenvalue weighted by Gasteiger charge is -2.25. The summed E-state index contributed by atoms with van der Waals surface area (Å²) in [6, 6.07) is 12.4. The van der Waals surface area contributed by atoms with E-state index in [0.717, 1.165) is 47.7 Å². The predicted molar refractivity (Wildman–Crippen MR) is 102 cm³/mol. The molecule has 4 heterocycles. The summed E-state index contributed by atoms with van der Waals surface area (Å²) < 4.78 is 7.50.